The molecule has 1 aliphatic rings. The molecule has 4 aromatic rings. The summed E-state index contributed by atoms with van der Waals surface area (Å²) in [7, 11) is 0. The zero-order valence-electron chi connectivity index (χ0n) is 17.6. The first kappa shape index (κ1) is 21.8. The largest absolute Gasteiger partial charge is 0.505 e. The van der Waals surface area contributed by atoms with Crippen LogP contribution in [0.2, 0.25) is 0 Å². The van der Waals surface area contributed by atoms with Gasteiger partial charge in [-0.3, -0.25) is 0 Å². The number of piperazine rings is 1. The average molecular weight is 532 g/mol. The molecule has 2 aromatic heterocycles. The number of aromatic nitrogens is 2. The third-order valence-electron chi connectivity index (χ3n) is 5.67. The maximum absolute atomic E-state index is 14.3. The van der Waals surface area contributed by atoms with Gasteiger partial charge in [-0.1, -0.05) is 15.9 Å². The summed E-state index contributed by atoms with van der Waals surface area (Å²) in [5, 5.41) is 14.2. The van der Waals surface area contributed by atoms with Crippen molar-refractivity contribution in [3.8, 4) is 5.75 Å². The molecule has 5 rings (SSSR count). The van der Waals surface area contributed by atoms with Crippen molar-refractivity contribution in [2.45, 2.75) is 6.92 Å². The summed E-state index contributed by atoms with van der Waals surface area (Å²) < 4.78 is 30.0. The van der Waals surface area contributed by atoms with E-state index in [0.29, 0.717) is 11.8 Å². The van der Waals surface area contributed by atoms with Crippen molar-refractivity contribution < 1.29 is 13.9 Å². The first-order chi connectivity index (χ1) is 15.9. The molecule has 2 aromatic carbocycles. The number of aryl methyl sites for hydroxylation is 1. The van der Waals surface area contributed by atoms with Gasteiger partial charge in [0.05, 0.1) is 15.9 Å². The summed E-state index contributed by atoms with van der Waals surface area (Å²) in [4.78, 5) is 13.8. The number of phenolic OH excluding ortho intramolecular Hbond substituents is 1. The van der Waals surface area contributed by atoms with Gasteiger partial charge in [0.1, 0.15) is 0 Å². The lowest BCUT2D eigenvalue weighted by atomic mass is 10.1. The minimum absolute atomic E-state index is 0.0971. The van der Waals surface area contributed by atoms with Crippen molar-refractivity contribution in [3.63, 3.8) is 0 Å². The van der Waals surface area contributed by atoms with Gasteiger partial charge in [-0.05, 0) is 54.3 Å². The van der Waals surface area contributed by atoms with Gasteiger partial charge in [-0.25, -0.2) is 9.37 Å². The van der Waals surface area contributed by atoms with Crippen LogP contribution in [0.25, 0.3) is 10.2 Å². The molecular weight excluding hydrogens is 512 g/mol. The van der Waals surface area contributed by atoms with Crippen LogP contribution in [0.3, 0.4) is 0 Å². The van der Waals surface area contributed by atoms with Gasteiger partial charge in [0.15, 0.2) is 17.4 Å². The summed E-state index contributed by atoms with van der Waals surface area (Å²) in [6, 6.07) is 10.6. The molecule has 1 aliphatic heterocycles. The number of phenols is 1. The second-order valence-corrected chi connectivity index (χ2v) is 9.63. The number of hydrogen-bond acceptors (Lipinski definition) is 7. The smallest absolute Gasteiger partial charge is 0.228 e. The second kappa shape index (κ2) is 8.75. The van der Waals surface area contributed by atoms with E-state index in [1.807, 2.05) is 17.5 Å². The molecule has 0 bridgehead atoms. The third kappa shape index (κ3) is 4.20. The van der Waals surface area contributed by atoms with Crippen LogP contribution in [0.5, 0.6) is 5.75 Å². The molecule has 0 aliphatic carbocycles. The third-order valence-corrected chi connectivity index (χ3v) is 7.07. The standard InChI is InChI=1S/C23H20BrF2N5OS/c1-13-12-14(24)2-4-17(13)30-7-9-31(10-8-30)23-28-16-6-11-33-21(16)22(29-23)27-15-3-5-18(32)20(26)19(15)25/h2-6,11-12,32H,7-10H2,1H3,(H,27,28,29). The van der Waals surface area contributed by atoms with Crippen LogP contribution in [0.1, 0.15) is 5.56 Å². The summed E-state index contributed by atoms with van der Waals surface area (Å²) in [6.45, 7) is 5.19. The zero-order valence-corrected chi connectivity index (χ0v) is 20.1. The molecule has 3 heterocycles. The number of nitrogens with zero attached hydrogens (tertiary/aromatic N) is 4. The summed E-state index contributed by atoms with van der Waals surface area (Å²) in [6.07, 6.45) is 0. The summed E-state index contributed by atoms with van der Waals surface area (Å²) in [5.41, 5.74) is 3.06. The lowest BCUT2D eigenvalue weighted by molar-refractivity contribution is 0.408. The van der Waals surface area contributed by atoms with E-state index in [9.17, 15) is 13.9 Å². The lowest BCUT2D eigenvalue weighted by Gasteiger charge is -2.37. The Morgan fingerprint density at radius 2 is 1.76 bits per heavy atom. The Kier molecular flexibility index (Phi) is 5.79. The Labute approximate surface area is 201 Å². The zero-order chi connectivity index (χ0) is 23.1. The highest BCUT2D eigenvalue weighted by molar-refractivity contribution is 9.10. The fourth-order valence-electron chi connectivity index (χ4n) is 3.96. The van der Waals surface area contributed by atoms with Gasteiger partial charge in [-0.15, -0.1) is 11.3 Å². The fourth-order valence-corrected chi connectivity index (χ4v) is 5.21. The van der Waals surface area contributed by atoms with E-state index < -0.39 is 17.4 Å². The highest BCUT2D eigenvalue weighted by Gasteiger charge is 2.23. The van der Waals surface area contributed by atoms with Gasteiger partial charge in [0.2, 0.25) is 11.8 Å². The van der Waals surface area contributed by atoms with E-state index in [1.165, 1.54) is 28.7 Å². The van der Waals surface area contributed by atoms with Crippen LogP contribution in [0.15, 0.2) is 46.3 Å². The Morgan fingerprint density at radius 1 is 1.00 bits per heavy atom. The van der Waals surface area contributed by atoms with E-state index in [-0.39, 0.29) is 5.69 Å². The molecule has 10 heteroatoms. The second-order valence-electron chi connectivity index (χ2n) is 7.80. The summed E-state index contributed by atoms with van der Waals surface area (Å²) in [5.74, 6) is -2.24. The normalized spacial score (nSPS) is 14.2. The molecular formula is C23H20BrF2N5OS. The highest BCUT2D eigenvalue weighted by Crippen LogP contribution is 2.33. The van der Waals surface area contributed by atoms with Crippen molar-refractivity contribution in [2.24, 2.45) is 0 Å². The number of hydrogen-bond donors (Lipinski definition) is 2. The Morgan fingerprint density at radius 3 is 2.52 bits per heavy atom. The molecule has 0 amide bonds. The van der Waals surface area contributed by atoms with Gasteiger partial charge in [0, 0.05) is 36.3 Å². The van der Waals surface area contributed by atoms with Crippen LogP contribution in [-0.4, -0.2) is 41.3 Å². The van der Waals surface area contributed by atoms with Gasteiger partial charge in [0.25, 0.3) is 0 Å². The molecule has 0 spiro atoms. The number of fused-ring (bicyclic) bond motifs is 1. The molecule has 1 fully saturated rings. The molecule has 0 atom stereocenters. The molecule has 6 nitrogen and oxygen atoms in total. The van der Waals surface area contributed by atoms with Gasteiger partial charge in [-0.2, -0.15) is 9.37 Å². The molecule has 0 saturated carbocycles. The van der Waals surface area contributed by atoms with Crippen LogP contribution >= 0.6 is 27.3 Å². The monoisotopic (exact) mass is 531 g/mol. The molecule has 0 radical (unpaired) electrons. The van der Waals surface area contributed by atoms with E-state index in [2.05, 4.69) is 55.1 Å². The average Bonchev–Trinajstić information content (AvgIpc) is 3.29. The van der Waals surface area contributed by atoms with Crippen LogP contribution in [0, 0.1) is 18.6 Å². The Bertz CT molecular complexity index is 1340. The number of rotatable bonds is 4. The highest BCUT2D eigenvalue weighted by atomic mass is 79.9. The fraction of sp³-hybridized carbons (Fsp3) is 0.217. The maximum Gasteiger partial charge on any atom is 0.228 e. The molecule has 0 unspecified atom stereocenters. The van der Waals surface area contributed by atoms with Crippen molar-refractivity contribution in [3.05, 3.63) is 63.4 Å². The van der Waals surface area contributed by atoms with Crippen LogP contribution < -0.4 is 15.1 Å². The van der Waals surface area contributed by atoms with Crippen molar-refractivity contribution in [1.82, 2.24) is 9.97 Å². The molecule has 2 N–H and O–H groups in total. The number of nitrogens with one attached hydrogen (secondary N) is 1. The predicted molar refractivity (Wildman–Crippen MR) is 132 cm³/mol. The Balaban J connectivity index is 1.40. The SMILES string of the molecule is Cc1cc(Br)ccc1N1CCN(c2nc(Nc3ccc(O)c(F)c3F)c3sccc3n2)CC1. The van der Waals surface area contributed by atoms with E-state index in [0.717, 1.165) is 46.9 Å². The topological polar surface area (TPSA) is 64.5 Å². The van der Waals surface area contributed by atoms with Crippen molar-refractivity contribution in [2.75, 3.05) is 41.3 Å². The number of benzene rings is 2. The number of thiophene rings is 1. The van der Waals surface area contributed by atoms with Crippen LogP contribution in [-0.2, 0) is 0 Å². The quantitative estimate of drug-likeness (QED) is 0.323. The summed E-state index contributed by atoms with van der Waals surface area (Å²) >= 11 is 4.93. The number of aromatic hydroxyl groups is 1. The molecule has 1 saturated heterocycles. The van der Waals surface area contributed by atoms with E-state index in [4.69, 9.17) is 4.98 Å². The van der Waals surface area contributed by atoms with Crippen molar-refractivity contribution >= 4 is 60.6 Å². The number of anilines is 4. The predicted octanol–water partition coefficient (Wildman–Crippen LogP) is 5.82. The van der Waals surface area contributed by atoms with E-state index >= 15 is 0 Å². The minimum atomic E-state index is -1.30. The Hall–Kier alpha value is -2.98. The maximum atomic E-state index is 14.3. The van der Waals surface area contributed by atoms with Gasteiger partial charge >= 0.3 is 0 Å². The van der Waals surface area contributed by atoms with Crippen LogP contribution in [0.4, 0.5) is 31.9 Å². The first-order valence-corrected chi connectivity index (χ1v) is 12.0. The van der Waals surface area contributed by atoms with Crippen molar-refractivity contribution in [1.29, 1.82) is 0 Å². The lowest BCUT2D eigenvalue weighted by Crippen LogP contribution is -2.47. The number of halogens is 3. The first-order valence-electron chi connectivity index (χ1n) is 10.4. The molecule has 33 heavy (non-hydrogen) atoms. The van der Waals surface area contributed by atoms with Gasteiger partial charge < -0.3 is 20.2 Å². The minimum Gasteiger partial charge on any atom is -0.505 e. The van der Waals surface area contributed by atoms with E-state index in [1.54, 1.807) is 0 Å². The molecule has 170 valence electrons.